The predicted octanol–water partition coefficient (Wildman–Crippen LogP) is 6.33. The average Bonchev–Trinajstić information content (AvgIpc) is 3.12. The fourth-order valence-corrected chi connectivity index (χ4v) is 25.0. The molecule has 4 rings (SSSR count). The second-order valence-electron chi connectivity index (χ2n) is 9.25. The number of hydrogen-bond donors (Lipinski definition) is 0. The van der Waals surface area contributed by atoms with Crippen LogP contribution >= 0.6 is 24.8 Å². The second-order valence-corrected chi connectivity index (χ2v) is 40.3. The quantitative estimate of drug-likeness (QED) is 0.421. The molecule has 4 atom stereocenters. The summed E-state index contributed by atoms with van der Waals surface area (Å²) < 4.78 is 7.56. The van der Waals surface area contributed by atoms with E-state index in [-0.39, 0.29) is 24.8 Å². The molecule has 0 nitrogen and oxygen atoms in total. The van der Waals surface area contributed by atoms with E-state index in [2.05, 4.69) is 52.6 Å². The van der Waals surface area contributed by atoms with Gasteiger partial charge in [-0.25, -0.2) is 0 Å². The van der Waals surface area contributed by atoms with E-state index >= 15 is 0 Å². The summed E-state index contributed by atoms with van der Waals surface area (Å²) in [4.78, 5) is 0. The molecule has 134 valence electrons. The van der Waals surface area contributed by atoms with Crippen LogP contribution in [0.2, 0.25) is 16.5 Å². The zero-order valence-corrected chi connectivity index (χ0v) is 20.5. The SMILES string of the molecule is Cl.Cl.[CH3][Zr]([CH3])(=[SiH2])([CH]1CCC2CC=CC=C21)[CH]1CCC2CC=CC=C21. The van der Waals surface area contributed by atoms with Crippen LogP contribution in [0.15, 0.2) is 47.6 Å². The molecule has 0 amide bonds. The minimum atomic E-state index is -2.76. The van der Waals surface area contributed by atoms with Crippen LogP contribution in [0, 0.1) is 11.8 Å². The van der Waals surface area contributed by atoms with E-state index in [1.165, 1.54) is 38.5 Å². The summed E-state index contributed by atoms with van der Waals surface area (Å²) in [6, 6.07) is 0. The van der Waals surface area contributed by atoms with E-state index in [1.807, 2.05) is 11.1 Å². The average molecular weight is 463 g/mol. The van der Waals surface area contributed by atoms with Crippen molar-refractivity contribution in [2.24, 2.45) is 11.8 Å². The fraction of sp³-hybridized carbons (Fsp3) is 0.600. The first-order chi connectivity index (χ1) is 10.5. The Morgan fingerprint density at radius 2 is 1.21 bits per heavy atom. The number of allylic oxidation sites excluding steroid dienone is 8. The van der Waals surface area contributed by atoms with Crippen LogP contribution < -0.4 is 0 Å². The zero-order valence-electron chi connectivity index (χ0n) is 15.0. The molecule has 0 aromatic carbocycles. The van der Waals surface area contributed by atoms with Gasteiger partial charge in [-0.1, -0.05) is 0 Å². The van der Waals surface area contributed by atoms with Crippen molar-refractivity contribution in [3.05, 3.63) is 47.6 Å². The van der Waals surface area contributed by atoms with Gasteiger partial charge >= 0.3 is 139 Å². The Bertz CT molecular complexity index is 628. The van der Waals surface area contributed by atoms with E-state index in [0.29, 0.717) is 0 Å². The van der Waals surface area contributed by atoms with Gasteiger partial charge in [0, 0.05) is 0 Å². The fourth-order valence-electron chi connectivity index (χ4n) is 6.11. The van der Waals surface area contributed by atoms with Gasteiger partial charge in [0.1, 0.15) is 0 Å². The van der Waals surface area contributed by atoms with Crippen molar-refractivity contribution < 1.29 is 17.4 Å². The molecule has 0 bridgehead atoms. The van der Waals surface area contributed by atoms with E-state index in [1.54, 1.807) is 0 Å². The van der Waals surface area contributed by atoms with Crippen molar-refractivity contribution in [3.63, 3.8) is 0 Å². The van der Waals surface area contributed by atoms with Crippen molar-refractivity contribution in [2.45, 2.75) is 55.0 Å². The van der Waals surface area contributed by atoms with Crippen LogP contribution in [0.5, 0.6) is 0 Å². The van der Waals surface area contributed by atoms with E-state index in [0.717, 1.165) is 19.1 Å². The maximum atomic E-state index is 2.80. The first-order valence-electron chi connectivity index (χ1n) is 9.26. The summed E-state index contributed by atoms with van der Waals surface area (Å²) in [6.07, 6.45) is 23.0. The molecule has 4 aliphatic carbocycles. The molecule has 0 saturated heterocycles. The normalized spacial score (nSPS) is 34.5. The molecule has 0 aromatic rings. The van der Waals surface area contributed by atoms with Crippen LogP contribution in [0.4, 0.5) is 0 Å². The molecule has 0 aromatic heterocycles. The molecule has 4 unspecified atom stereocenters. The predicted molar refractivity (Wildman–Crippen MR) is 111 cm³/mol. The molecule has 2 fully saturated rings. The van der Waals surface area contributed by atoms with Crippen molar-refractivity contribution in [1.82, 2.24) is 0 Å². The molecular formula is C20H32Cl2SiZr. The first-order valence-corrected chi connectivity index (χ1v) is 22.9. The standard InChI is InChI=1S/2C9H11.2CH3.2ClH.H2Si.Zr/c2*1-2-5-9-7-3-6-8(9)4-1;;;;;;/h2*1-2,4,6,9H,3,5,7H2;2*1H3;2*1H;1H2;. The van der Waals surface area contributed by atoms with Crippen molar-refractivity contribution in [1.29, 1.82) is 0 Å². The summed E-state index contributed by atoms with van der Waals surface area (Å²) in [6.45, 7) is 2.53. The van der Waals surface area contributed by atoms with Gasteiger partial charge in [0.05, 0.1) is 0 Å². The Balaban J connectivity index is 0.00000104. The van der Waals surface area contributed by atoms with Crippen LogP contribution in [-0.4, -0.2) is 6.88 Å². The summed E-state index contributed by atoms with van der Waals surface area (Å²) in [7, 11) is 0. The molecule has 4 heteroatoms. The van der Waals surface area contributed by atoms with Crippen LogP contribution in [0.3, 0.4) is 0 Å². The van der Waals surface area contributed by atoms with Crippen LogP contribution in [0.25, 0.3) is 0 Å². The number of hydrogen-bond acceptors (Lipinski definition) is 0. The van der Waals surface area contributed by atoms with Crippen molar-refractivity contribution >= 4 is 31.7 Å². The Morgan fingerprint density at radius 1 is 0.792 bits per heavy atom. The van der Waals surface area contributed by atoms with Gasteiger partial charge in [0.15, 0.2) is 0 Å². The summed E-state index contributed by atoms with van der Waals surface area (Å²) in [5, 5.41) is 0. The van der Waals surface area contributed by atoms with Crippen LogP contribution in [-0.2, 0) is 17.4 Å². The third-order valence-corrected chi connectivity index (χ3v) is 27.5. The van der Waals surface area contributed by atoms with Gasteiger partial charge < -0.3 is 0 Å². The van der Waals surface area contributed by atoms with Gasteiger partial charge in [-0.05, 0) is 0 Å². The summed E-state index contributed by atoms with van der Waals surface area (Å²) in [5.74, 6) is 1.79. The van der Waals surface area contributed by atoms with Gasteiger partial charge in [0.25, 0.3) is 0 Å². The van der Waals surface area contributed by atoms with Crippen molar-refractivity contribution in [2.75, 3.05) is 0 Å². The molecular weight excluding hydrogens is 430 g/mol. The molecule has 0 aliphatic heterocycles. The summed E-state index contributed by atoms with van der Waals surface area (Å²) in [5.41, 5.74) is 3.73. The molecule has 4 aliphatic rings. The number of rotatable bonds is 2. The molecule has 0 radical (unpaired) electrons. The Labute approximate surface area is 162 Å². The van der Waals surface area contributed by atoms with Gasteiger partial charge in [-0.2, -0.15) is 0 Å². The van der Waals surface area contributed by atoms with Crippen molar-refractivity contribution in [3.8, 4) is 0 Å². The van der Waals surface area contributed by atoms with Gasteiger partial charge in [0.2, 0.25) is 0 Å². The number of fused-ring (bicyclic) bond motifs is 2. The Kier molecular flexibility index (Phi) is 6.40. The maximum absolute atomic E-state index is 2.80. The molecule has 2 saturated carbocycles. The van der Waals surface area contributed by atoms with Gasteiger partial charge in [-0.15, -0.1) is 24.8 Å². The first kappa shape index (κ1) is 20.9. The van der Waals surface area contributed by atoms with Crippen LogP contribution in [0.1, 0.15) is 38.5 Å². The zero-order chi connectivity index (χ0) is 15.4. The third-order valence-electron chi connectivity index (χ3n) is 7.33. The molecule has 0 spiro atoms. The third kappa shape index (κ3) is 3.30. The van der Waals surface area contributed by atoms with E-state index in [4.69, 9.17) is 0 Å². The van der Waals surface area contributed by atoms with E-state index in [9.17, 15) is 0 Å². The van der Waals surface area contributed by atoms with Gasteiger partial charge in [-0.3, -0.25) is 0 Å². The topological polar surface area (TPSA) is 0 Å². The minimum absolute atomic E-state index is 0. The summed E-state index contributed by atoms with van der Waals surface area (Å²) >= 11 is -2.76. The Morgan fingerprint density at radius 3 is 1.62 bits per heavy atom. The Hall–Kier alpha value is 0.640. The second kappa shape index (κ2) is 7.34. The molecule has 0 heterocycles. The van der Waals surface area contributed by atoms with E-state index < -0.39 is 17.4 Å². The monoisotopic (exact) mass is 460 g/mol. The molecule has 0 N–H and O–H groups in total. The molecule has 24 heavy (non-hydrogen) atoms. The number of halogens is 2.